The molecule has 4 N–H and O–H groups in total. The normalized spacial score (nSPS) is 20.3. The van der Waals surface area contributed by atoms with E-state index in [0.29, 0.717) is 12.5 Å². The quantitative estimate of drug-likeness (QED) is 0.557. The molecule has 1 aromatic heterocycles. The van der Waals surface area contributed by atoms with E-state index in [1.165, 1.54) is 12.3 Å². The van der Waals surface area contributed by atoms with Gasteiger partial charge in [-0.25, -0.2) is 15.2 Å². The second-order valence-electron chi connectivity index (χ2n) is 5.27. The third-order valence-corrected chi connectivity index (χ3v) is 3.50. The van der Waals surface area contributed by atoms with Gasteiger partial charge >= 0.3 is 0 Å². The fourth-order valence-corrected chi connectivity index (χ4v) is 1.96. The number of anilines is 1. The average molecular weight is 252 g/mol. The summed E-state index contributed by atoms with van der Waals surface area (Å²) in [4.78, 5) is 15.5. The smallest absolute Gasteiger partial charge is 0.254 e. The molecule has 0 bridgehead atoms. The number of halogens is 1. The largest absolute Gasteiger partial charge is 0.352 e. The number of nitrogen functional groups attached to an aromatic ring is 1. The minimum absolute atomic E-state index is 0.0450. The Hall–Kier alpha value is -1.69. The van der Waals surface area contributed by atoms with Gasteiger partial charge in [0, 0.05) is 12.7 Å². The van der Waals surface area contributed by atoms with Gasteiger partial charge in [-0.2, -0.15) is 0 Å². The summed E-state index contributed by atoms with van der Waals surface area (Å²) >= 11 is 0. The molecule has 1 fully saturated rings. The minimum Gasteiger partial charge on any atom is -0.352 e. The summed E-state index contributed by atoms with van der Waals surface area (Å²) in [6.45, 7) is 4.86. The summed E-state index contributed by atoms with van der Waals surface area (Å²) in [5.74, 6) is 4.28. The van der Waals surface area contributed by atoms with Crippen molar-refractivity contribution in [2.45, 2.75) is 20.3 Å². The molecular formula is C12H17FN4O. The Morgan fingerprint density at radius 3 is 2.89 bits per heavy atom. The van der Waals surface area contributed by atoms with Gasteiger partial charge in [0.1, 0.15) is 0 Å². The zero-order valence-corrected chi connectivity index (χ0v) is 10.5. The molecular weight excluding hydrogens is 235 g/mol. The van der Waals surface area contributed by atoms with Gasteiger partial charge in [0.15, 0.2) is 11.6 Å². The van der Waals surface area contributed by atoms with Crippen LogP contribution in [0.1, 0.15) is 30.6 Å². The molecule has 0 aromatic carbocycles. The van der Waals surface area contributed by atoms with Gasteiger partial charge in [-0.15, -0.1) is 0 Å². The monoisotopic (exact) mass is 252 g/mol. The van der Waals surface area contributed by atoms with Crippen LogP contribution in [0.4, 0.5) is 10.2 Å². The molecule has 18 heavy (non-hydrogen) atoms. The Labute approximate surface area is 105 Å². The number of hydrogen-bond donors (Lipinski definition) is 3. The topological polar surface area (TPSA) is 80.0 Å². The molecule has 5 nitrogen and oxygen atoms in total. The number of pyridine rings is 1. The van der Waals surface area contributed by atoms with E-state index < -0.39 is 11.7 Å². The molecule has 0 radical (unpaired) electrons. The summed E-state index contributed by atoms with van der Waals surface area (Å²) in [6, 6.07) is 1.34. The minimum atomic E-state index is -0.729. The SMILES string of the molecule is CC1(C)CC1CNC(=O)c1ccnc(NN)c1F. The summed E-state index contributed by atoms with van der Waals surface area (Å²) in [5.41, 5.74) is 2.36. The molecule has 1 aliphatic carbocycles. The van der Waals surface area contributed by atoms with E-state index in [1.54, 1.807) is 0 Å². The number of nitrogens with one attached hydrogen (secondary N) is 2. The third kappa shape index (κ3) is 2.43. The second kappa shape index (κ2) is 4.53. The van der Waals surface area contributed by atoms with Crippen LogP contribution in [0.3, 0.4) is 0 Å². The molecule has 1 atom stereocenters. The molecule has 1 amide bonds. The number of hydrazine groups is 1. The summed E-state index contributed by atoms with van der Waals surface area (Å²) in [5, 5.41) is 2.73. The maximum atomic E-state index is 13.7. The van der Waals surface area contributed by atoms with Gasteiger partial charge in [0.2, 0.25) is 0 Å². The first-order valence-electron chi connectivity index (χ1n) is 5.85. The lowest BCUT2D eigenvalue weighted by atomic mass is 10.1. The highest BCUT2D eigenvalue weighted by Crippen LogP contribution is 2.50. The van der Waals surface area contributed by atoms with Crippen LogP contribution in [-0.2, 0) is 0 Å². The van der Waals surface area contributed by atoms with Crippen LogP contribution in [0.15, 0.2) is 12.3 Å². The van der Waals surface area contributed by atoms with Crippen molar-refractivity contribution >= 4 is 11.7 Å². The third-order valence-electron chi connectivity index (χ3n) is 3.50. The van der Waals surface area contributed by atoms with E-state index in [9.17, 15) is 9.18 Å². The van der Waals surface area contributed by atoms with Crippen molar-refractivity contribution in [3.8, 4) is 0 Å². The van der Waals surface area contributed by atoms with Crippen molar-refractivity contribution in [3.63, 3.8) is 0 Å². The van der Waals surface area contributed by atoms with Gasteiger partial charge in [-0.3, -0.25) is 4.79 Å². The van der Waals surface area contributed by atoms with Gasteiger partial charge in [0.05, 0.1) is 5.56 Å². The van der Waals surface area contributed by atoms with E-state index in [1.807, 2.05) is 0 Å². The highest BCUT2D eigenvalue weighted by atomic mass is 19.1. The lowest BCUT2D eigenvalue weighted by molar-refractivity contribution is 0.0946. The van der Waals surface area contributed by atoms with E-state index in [2.05, 4.69) is 29.6 Å². The molecule has 1 aromatic rings. The van der Waals surface area contributed by atoms with Crippen LogP contribution < -0.4 is 16.6 Å². The average Bonchev–Trinajstić information content (AvgIpc) is 2.94. The van der Waals surface area contributed by atoms with Crippen LogP contribution >= 0.6 is 0 Å². The zero-order valence-electron chi connectivity index (χ0n) is 10.5. The number of hydrogen-bond acceptors (Lipinski definition) is 4. The zero-order chi connectivity index (χ0) is 13.3. The van der Waals surface area contributed by atoms with Gasteiger partial charge < -0.3 is 10.7 Å². The van der Waals surface area contributed by atoms with E-state index in [0.717, 1.165) is 6.42 Å². The van der Waals surface area contributed by atoms with Gasteiger partial charge in [-0.1, -0.05) is 13.8 Å². The predicted octanol–water partition coefficient (Wildman–Crippen LogP) is 1.28. The Balaban J connectivity index is 2.01. The molecule has 0 saturated heterocycles. The first-order chi connectivity index (χ1) is 8.45. The molecule has 2 rings (SSSR count). The first kappa shape index (κ1) is 12.8. The van der Waals surface area contributed by atoms with Crippen molar-refractivity contribution in [2.75, 3.05) is 12.0 Å². The lowest BCUT2D eigenvalue weighted by Crippen LogP contribution is -2.28. The number of nitrogens with zero attached hydrogens (tertiary/aromatic N) is 1. The number of carbonyl (C=O) groups excluding carboxylic acids is 1. The predicted molar refractivity (Wildman–Crippen MR) is 66.2 cm³/mol. The Morgan fingerprint density at radius 2 is 2.33 bits per heavy atom. The number of carbonyl (C=O) groups is 1. The van der Waals surface area contributed by atoms with Crippen molar-refractivity contribution in [1.29, 1.82) is 0 Å². The number of aromatic nitrogens is 1. The molecule has 1 aliphatic rings. The number of nitrogens with two attached hydrogens (primary N) is 1. The van der Waals surface area contributed by atoms with Crippen molar-refractivity contribution in [3.05, 3.63) is 23.6 Å². The van der Waals surface area contributed by atoms with Gasteiger partial charge in [0.25, 0.3) is 5.91 Å². The number of amides is 1. The maximum absolute atomic E-state index is 13.7. The molecule has 0 spiro atoms. The number of rotatable bonds is 4. The van der Waals surface area contributed by atoms with E-state index in [-0.39, 0.29) is 16.8 Å². The van der Waals surface area contributed by atoms with E-state index in [4.69, 9.17) is 5.84 Å². The standard InChI is InChI=1S/C12H17FN4O/c1-12(2)5-7(12)6-16-11(18)8-3-4-15-10(17-14)9(8)13/h3-4,7H,5-6,14H2,1-2H3,(H,15,17)(H,16,18). The summed E-state index contributed by atoms with van der Waals surface area (Å²) in [7, 11) is 0. The van der Waals surface area contributed by atoms with Crippen LogP contribution in [0.5, 0.6) is 0 Å². The second-order valence-corrected chi connectivity index (χ2v) is 5.27. The molecule has 1 unspecified atom stereocenters. The van der Waals surface area contributed by atoms with E-state index >= 15 is 0 Å². The highest BCUT2D eigenvalue weighted by Gasteiger charge is 2.45. The Kier molecular flexibility index (Phi) is 3.21. The van der Waals surface area contributed by atoms with Crippen molar-refractivity contribution < 1.29 is 9.18 Å². The molecule has 6 heteroatoms. The lowest BCUT2D eigenvalue weighted by Gasteiger charge is -2.08. The Bertz CT molecular complexity index is 475. The fourth-order valence-electron chi connectivity index (χ4n) is 1.96. The molecule has 98 valence electrons. The highest BCUT2D eigenvalue weighted by molar-refractivity contribution is 5.95. The van der Waals surface area contributed by atoms with Crippen molar-refractivity contribution in [2.24, 2.45) is 17.2 Å². The first-order valence-corrected chi connectivity index (χ1v) is 5.85. The van der Waals surface area contributed by atoms with Crippen LogP contribution in [0, 0.1) is 17.2 Å². The molecule has 0 aliphatic heterocycles. The summed E-state index contributed by atoms with van der Waals surface area (Å²) in [6.07, 6.45) is 2.43. The summed E-state index contributed by atoms with van der Waals surface area (Å²) < 4.78 is 13.7. The maximum Gasteiger partial charge on any atom is 0.254 e. The van der Waals surface area contributed by atoms with Crippen LogP contribution in [0.2, 0.25) is 0 Å². The van der Waals surface area contributed by atoms with Crippen LogP contribution in [0.25, 0.3) is 0 Å². The Morgan fingerprint density at radius 1 is 1.67 bits per heavy atom. The molecule has 1 heterocycles. The van der Waals surface area contributed by atoms with Crippen molar-refractivity contribution in [1.82, 2.24) is 10.3 Å². The van der Waals surface area contributed by atoms with Gasteiger partial charge in [-0.05, 0) is 23.8 Å². The molecule has 1 saturated carbocycles. The fraction of sp³-hybridized carbons (Fsp3) is 0.500. The van der Waals surface area contributed by atoms with Crippen LogP contribution in [-0.4, -0.2) is 17.4 Å².